The first kappa shape index (κ1) is 20.5. The largest absolute Gasteiger partial charge is 0.496 e. The standard InChI is InChI=1S/C19H17Cl2N3O3/c1-27-17-8-3-2-5-13(17)9-10-18(25)22-12-19(26)24-23-11-14-15(20)6-4-7-16(14)21/h2-11H,12H2,1H3,(H,22,25)(H,24,26)/b10-9+,23-11-. The molecule has 0 fully saturated rings. The van der Waals surface area contributed by atoms with E-state index in [9.17, 15) is 9.59 Å². The monoisotopic (exact) mass is 405 g/mol. The van der Waals surface area contributed by atoms with E-state index in [0.717, 1.165) is 5.56 Å². The summed E-state index contributed by atoms with van der Waals surface area (Å²) in [4.78, 5) is 23.5. The molecule has 0 heterocycles. The van der Waals surface area contributed by atoms with Crippen molar-refractivity contribution in [3.8, 4) is 5.75 Å². The number of ether oxygens (including phenoxy) is 1. The molecular formula is C19H17Cl2N3O3. The number of carbonyl (C=O) groups is 2. The summed E-state index contributed by atoms with van der Waals surface area (Å²) in [6, 6.07) is 12.3. The molecule has 0 saturated heterocycles. The van der Waals surface area contributed by atoms with Gasteiger partial charge in [0, 0.05) is 17.2 Å². The molecule has 2 amide bonds. The normalized spacial score (nSPS) is 10.9. The van der Waals surface area contributed by atoms with Crippen LogP contribution in [0.5, 0.6) is 5.75 Å². The summed E-state index contributed by atoms with van der Waals surface area (Å²) in [6.45, 7) is -0.233. The molecule has 0 aliphatic carbocycles. The molecule has 2 aromatic rings. The van der Waals surface area contributed by atoms with Crippen molar-refractivity contribution >= 4 is 47.3 Å². The van der Waals surface area contributed by atoms with Crippen LogP contribution in [-0.4, -0.2) is 31.7 Å². The molecule has 2 aromatic carbocycles. The number of halogens is 2. The maximum Gasteiger partial charge on any atom is 0.259 e. The number of amides is 2. The quantitative estimate of drug-likeness (QED) is 0.421. The van der Waals surface area contributed by atoms with Gasteiger partial charge in [0.2, 0.25) is 5.91 Å². The Morgan fingerprint density at radius 1 is 1.11 bits per heavy atom. The Hall–Kier alpha value is -2.83. The minimum Gasteiger partial charge on any atom is -0.496 e. The Bertz CT molecular complexity index is 862. The van der Waals surface area contributed by atoms with Crippen molar-refractivity contribution in [3.05, 3.63) is 69.7 Å². The predicted octanol–water partition coefficient (Wildman–Crippen LogP) is 3.28. The molecule has 0 bridgehead atoms. The van der Waals surface area contributed by atoms with Crippen molar-refractivity contribution in [3.63, 3.8) is 0 Å². The molecule has 8 heteroatoms. The fourth-order valence-corrected chi connectivity index (χ4v) is 2.53. The number of para-hydroxylation sites is 1. The summed E-state index contributed by atoms with van der Waals surface area (Å²) in [6.07, 6.45) is 4.26. The average molecular weight is 406 g/mol. The second-order valence-corrected chi connectivity index (χ2v) is 6.04. The summed E-state index contributed by atoms with van der Waals surface area (Å²) < 4.78 is 5.19. The maximum absolute atomic E-state index is 11.8. The highest BCUT2D eigenvalue weighted by Crippen LogP contribution is 2.22. The second-order valence-electron chi connectivity index (χ2n) is 5.22. The molecule has 27 heavy (non-hydrogen) atoms. The van der Waals surface area contributed by atoms with Gasteiger partial charge in [-0.3, -0.25) is 9.59 Å². The fourth-order valence-electron chi connectivity index (χ4n) is 2.04. The first-order chi connectivity index (χ1) is 13.0. The van der Waals surface area contributed by atoms with Gasteiger partial charge in [-0.25, -0.2) is 5.43 Å². The van der Waals surface area contributed by atoms with Crippen LogP contribution in [0.25, 0.3) is 6.08 Å². The molecule has 0 aliphatic heterocycles. The van der Waals surface area contributed by atoms with Crippen LogP contribution in [0.1, 0.15) is 11.1 Å². The van der Waals surface area contributed by atoms with E-state index in [1.807, 2.05) is 18.2 Å². The highest BCUT2D eigenvalue weighted by molar-refractivity contribution is 6.38. The zero-order valence-corrected chi connectivity index (χ0v) is 15.9. The van der Waals surface area contributed by atoms with Crippen LogP contribution >= 0.6 is 23.2 Å². The van der Waals surface area contributed by atoms with E-state index >= 15 is 0 Å². The molecule has 0 aromatic heterocycles. The van der Waals surface area contributed by atoms with Gasteiger partial charge in [0.05, 0.1) is 29.9 Å². The highest BCUT2D eigenvalue weighted by atomic mass is 35.5. The number of benzene rings is 2. The van der Waals surface area contributed by atoms with Gasteiger partial charge in [0.1, 0.15) is 5.75 Å². The van der Waals surface area contributed by atoms with Crippen molar-refractivity contribution in [2.45, 2.75) is 0 Å². The maximum atomic E-state index is 11.8. The van der Waals surface area contributed by atoms with Gasteiger partial charge >= 0.3 is 0 Å². The Morgan fingerprint density at radius 2 is 1.81 bits per heavy atom. The van der Waals surface area contributed by atoms with Crippen LogP contribution in [-0.2, 0) is 9.59 Å². The lowest BCUT2D eigenvalue weighted by atomic mass is 10.2. The first-order valence-corrected chi connectivity index (χ1v) is 8.61. The minimum absolute atomic E-state index is 0.233. The number of methoxy groups -OCH3 is 1. The topological polar surface area (TPSA) is 79.8 Å². The molecule has 0 radical (unpaired) electrons. The SMILES string of the molecule is COc1ccccc1/C=C/C(=O)NCC(=O)N/N=C\c1c(Cl)cccc1Cl. The Morgan fingerprint density at radius 3 is 2.52 bits per heavy atom. The molecule has 2 N–H and O–H groups in total. The van der Waals surface area contributed by atoms with Gasteiger partial charge in [-0.1, -0.05) is 47.5 Å². The van der Waals surface area contributed by atoms with Gasteiger partial charge in [-0.15, -0.1) is 0 Å². The van der Waals surface area contributed by atoms with Crippen molar-refractivity contribution in [2.75, 3.05) is 13.7 Å². The lowest BCUT2D eigenvalue weighted by Gasteiger charge is -2.04. The summed E-state index contributed by atoms with van der Waals surface area (Å²) in [5, 5.41) is 7.06. The Labute approximate surface area is 166 Å². The number of rotatable bonds is 7. The number of hydrogen-bond acceptors (Lipinski definition) is 4. The number of nitrogens with zero attached hydrogens (tertiary/aromatic N) is 1. The van der Waals surface area contributed by atoms with E-state index in [1.54, 1.807) is 37.5 Å². The average Bonchev–Trinajstić information content (AvgIpc) is 2.67. The number of hydrogen-bond donors (Lipinski definition) is 2. The van der Waals surface area contributed by atoms with E-state index in [2.05, 4.69) is 15.8 Å². The van der Waals surface area contributed by atoms with E-state index in [0.29, 0.717) is 21.4 Å². The van der Waals surface area contributed by atoms with Gasteiger partial charge in [-0.05, 0) is 24.3 Å². The molecule has 0 aliphatic rings. The van der Waals surface area contributed by atoms with Crippen LogP contribution in [0, 0.1) is 0 Å². The summed E-state index contributed by atoms with van der Waals surface area (Å²) in [5.74, 6) is -0.269. The zero-order valence-electron chi connectivity index (χ0n) is 14.4. The molecule has 2 rings (SSSR count). The van der Waals surface area contributed by atoms with E-state index in [-0.39, 0.29) is 6.54 Å². The van der Waals surface area contributed by atoms with Gasteiger partial charge in [0.25, 0.3) is 5.91 Å². The molecule has 6 nitrogen and oxygen atoms in total. The second kappa shape index (κ2) is 10.4. The van der Waals surface area contributed by atoms with Gasteiger partial charge in [0.15, 0.2) is 0 Å². The van der Waals surface area contributed by atoms with Crippen LogP contribution < -0.4 is 15.5 Å². The molecule has 0 saturated carbocycles. The first-order valence-electron chi connectivity index (χ1n) is 7.86. The van der Waals surface area contributed by atoms with Crippen LogP contribution in [0.3, 0.4) is 0 Å². The van der Waals surface area contributed by atoms with Crippen molar-refractivity contribution < 1.29 is 14.3 Å². The smallest absolute Gasteiger partial charge is 0.259 e. The van der Waals surface area contributed by atoms with Crippen LogP contribution in [0.15, 0.2) is 53.6 Å². The number of carbonyl (C=O) groups excluding carboxylic acids is 2. The third-order valence-corrected chi connectivity index (χ3v) is 4.02. The Balaban J connectivity index is 1.82. The van der Waals surface area contributed by atoms with E-state index in [4.69, 9.17) is 27.9 Å². The third-order valence-electron chi connectivity index (χ3n) is 3.36. The zero-order chi connectivity index (χ0) is 19.6. The summed E-state index contributed by atoms with van der Waals surface area (Å²) in [5.41, 5.74) is 3.53. The highest BCUT2D eigenvalue weighted by Gasteiger charge is 2.04. The van der Waals surface area contributed by atoms with Crippen molar-refractivity contribution in [1.82, 2.24) is 10.7 Å². The Kier molecular flexibility index (Phi) is 7.85. The van der Waals surface area contributed by atoms with E-state index in [1.165, 1.54) is 12.3 Å². The van der Waals surface area contributed by atoms with E-state index < -0.39 is 11.8 Å². The molecule has 0 spiro atoms. The van der Waals surface area contributed by atoms with Crippen LogP contribution in [0.4, 0.5) is 0 Å². The van der Waals surface area contributed by atoms with Gasteiger partial charge < -0.3 is 10.1 Å². The molecule has 0 atom stereocenters. The lowest BCUT2D eigenvalue weighted by Crippen LogP contribution is -2.34. The molecule has 0 unspecified atom stereocenters. The fraction of sp³-hybridized carbons (Fsp3) is 0.105. The molecular weight excluding hydrogens is 389 g/mol. The third kappa shape index (κ3) is 6.44. The van der Waals surface area contributed by atoms with Gasteiger partial charge in [-0.2, -0.15) is 5.10 Å². The lowest BCUT2D eigenvalue weighted by molar-refractivity contribution is -0.123. The number of hydrazone groups is 1. The molecule has 140 valence electrons. The number of nitrogens with one attached hydrogen (secondary N) is 2. The van der Waals surface area contributed by atoms with Crippen molar-refractivity contribution in [2.24, 2.45) is 5.10 Å². The minimum atomic E-state index is -0.492. The summed E-state index contributed by atoms with van der Waals surface area (Å²) in [7, 11) is 1.55. The van der Waals surface area contributed by atoms with Crippen molar-refractivity contribution in [1.29, 1.82) is 0 Å². The predicted molar refractivity (Wildman–Crippen MR) is 107 cm³/mol. The summed E-state index contributed by atoms with van der Waals surface area (Å²) >= 11 is 12.0. The van der Waals surface area contributed by atoms with Crippen LogP contribution in [0.2, 0.25) is 10.0 Å².